The highest BCUT2D eigenvalue weighted by Gasteiger charge is 2.41. The maximum Gasteiger partial charge on any atom is 0.246 e. The average Bonchev–Trinajstić information content (AvgIpc) is 2.85. The van der Waals surface area contributed by atoms with Crippen LogP contribution in [-0.2, 0) is 14.8 Å². The molecule has 0 bridgehead atoms. The van der Waals surface area contributed by atoms with Crippen molar-refractivity contribution in [2.45, 2.75) is 56.6 Å². The fourth-order valence-electron chi connectivity index (χ4n) is 3.69. The largest absolute Gasteiger partial charge is 0.487 e. The number of carbonyl (C=O) groups excluding carboxylic acids is 1. The number of nitrogens with zero attached hydrogens (tertiary/aromatic N) is 2. The van der Waals surface area contributed by atoms with Gasteiger partial charge in [-0.1, -0.05) is 26.0 Å². The second kappa shape index (κ2) is 7.56. The van der Waals surface area contributed by atoms with Crippen LogP contribution in [0.5, 0.6) is 5.75 Å². The van der Waals surface area contributed by atoms with E-state index in [9.17, 15) is 13.2 Å². The van der Waals surface area contributed by atoms with Crippen LogP contribution in [0.2, 0.25) is 0 Å². The van der Waals surface area contributed by atoms with Crippen molar-refractivity contribution in [3.05, 3.63) is 24.3 Å². The topological polar surface area (TPSA) is 66.9 Å². The van der Waals surface area contributed by atoms with Crippen LogP contribution in [0.25, 0.3) is 0 Å². The van der Waals surface area contributed by atoms with Crippen molar-refractivity contribution < 1.29 is 17.9 Å². The van der Waals surface area contributed by atoms with E-state index >= 15 is 0 Å². The smallest absolute Gasteiger partial charge is 0.246 e. The Kier molecular flexibility index (Phi) is 5.58. The Balaban J connectivity index is 1.80. The quantitative estimate of drug-likeness (QED) is 0.808. The number of para-hydroxylation sites is 1. The van der Waals surface area contributed by atoms with E-state index in [-0.39, 0.29) is 22.9 Å². The van der Waals surface area contributed by atoms with Crippen molar-refractivity contribution >= 4 is 15.9 Å². The van der Waals surface area contributed by atoms with E-state index in [1.807, 2.05) is 4.90 Å². The molecule has 1 aromatic carbocycles. The van der Waals surface area contributed by atoms with Crippen LogP contribution >= 0.6 is 0 Å². The summed E-state index contributed by atoms with van der Waals surface area (Å²) in [7, 11) is -1.98. The number of carbonyl (C=O) groups is 1. The fourth-order valence-corrected chi connectivity index (χ4v) is 5.22. The highest BCUT2D eigenvalue weighted by Crippen LogP contribution is 2.35. The monoisotopic (exact) mass is 380 g/mol. The molecule has 6 nitrogen and oxygen atoms in total. The fraction of sp³-hybridized carbons (Fsp3) is 0.632. The summed E-state index contributed by atoms with van der Waals surface area (Å²) in [6.07, 6.45) is 2.39. The highest BCUT2D eigenvalue weighted by atomic mass is 32.2. The third-order valence-electron chi connectivity index (χ3n) is 5.35. The lowest BCUT2D eigenvalue weighted by molar-refractivity contribution is -0.131. The molecular formula is C19H28N2O4S. The molecule has 1 amide bonds. The SMILES string of the molecule is CC(C)CCC(=O)N1CC[C@@H]2[C@@H](CC1)Oc1ccccc1S(=O)(=O)N2C. The first-order valence-corrected chi connectivity index (χ1v) is 10.8. The minimum Gasteiger partial charge on any atom is -0.487 e. The molecule has 0 spiro atoms. The van der Waals surface area contributed by atoms with E-state index in [2.05, 4.69) is 13.8 Å². The van der Waals surface area contributed by atoms with Gasteiger partial charge in [-0.2, -0.15) is 4.31 Å². The molecule has 0 radical (unpaired) electrons. The van der Waals surface area contributed by atoms with E-state index in [1.54, 1.807) is 31.3 Å². The lowest BCUT2D eigenvalue weighted by atomic mass is 10.1. The summed E-state index contributed by atoms with van der Waals surface area (Å²) in [5.41, 5.74) is 0. The van der Waals surface area contributed by atoms with Crippen LogP contribution < -0.4 is 4.74 Å². The van der Waals surface area contributed by atoms with Crippen LogP contribution in [0.4, 0.5) is 0 Å². The number of ether oxygens (including phenoxy) is 1. The number of sulfonamides is 1. The Bertz CT molecular complexity index is 763. The summed E-state index contributed by atoms with van der Waals surface area (Å²) in [6.45, 7) is 5.39. The molecule has 0 saturated carbocycles. The van der Waals surface area contributed by atoms with E-state index in [0.717, 1.165) is 6.42 Å². The van der Waals surface area contributed by atoms with Gasteiger partial charge in [0.1, 0.15) is 16.7 Å². The van der Waals surface area contributed by atoms with Gasteiger partial charge in [0.15, 0.2) is 0 Å². The third kappa shape index (κ3) is 3.74. The normalized spacial score (nSPS) is 25.6. The summed E-state index contributed by atoms with van der Waals surface area (Å²) in [6, 6.07) is 6.53. The van der Waals surface area contributed by atoms with Crippen LogP contribution in [0.1, 0.15) is 39.5 Å². The zero-order valence-electron chi connectivity index (χ0n) is 15.7. The zero-order chi connectivity index (χ0) is 18.9. The maximum absolute atomic E-state index is 12.9. The number of likely N-dealkylation sites (N-methyl/N-ethyl adjacent to an activating group) is 1. The lowest BCUT2D eigenvalue weighted by Gasteiger charge is -2.28. The van der Waals surface area contributed by atoms with Gasteiger partial charge in [0.2, 0.25) is 15.9 Å². The first-order chi connectivity index (χ1) is 12.3. The van der Waals surface area contributed by atoms with Crippen LogP contribution in [0.15, 0.2) is 29.2 Å². The second-order valence-corrected chi connectivity index (χ2v) is 9.55. The molecule has 144 valence electrons. The van der Waals surface area contributed by atoms with Gasteiger partial charge >= 0.3 is 0 Å². The Morgan fingerprint density at radius 3 is 2.65 bits per heavy atom. The first kappa shape index (κ1) is 19.2. The molecule has 7 heteroatoms. The standard InChI is InChI=1S/C19H28N2O4S/c1-14(2)8-9-19(22)21-12-10-15-16(11-13-21)25-17-6-4-5-7-18(17)26(23,24)20(15)3/h4-7,14-16H,8-13H2,1-3H3/t15-,16-/m1/s1. The van der Waals surface area contributed by atoms with Crippen molar-refractivity contribution in [2.75, 3.05) is 20.1 Å². The van der Waals surface area contributed by atoms with Gasteiger partial charge in [0.25, 0.3) is 0 Å². The molecule has 0 N–H and O–H groups in total. The van der Waals surface area contributed by atoms with Gasteiger partial charge in [-0.25, -0.2) is 8.42 Å². The Morgan fingerprint density at radius 1 is 1.23 bits per heavy atom. The van der Waals surface area contributed by atoms with Crippen molar-refractivity contribution in [3.8, 4) is 5.75 Å². The van der Waals surface area contributed by atoms with E-state index in [1.165, 1.54) is 4.31 Å². The van der Waals surface area contributed by atoms with Crippen molar-refractivity contribution in [3.63, 3.8) is 0 Å². The minimum absolute atomic E-state index is 0.154. The molecule has 2 aliphatic rings. The van der Waals surface area contributed by atoms with Crippen LogP contribution in [0.3, 0.4) is 0 Å². The zero-order valence-corrected chi connectivity index (χ0v) is 16.5. The molecule has 0 unspecified atom stereocenters. The summed E-state index contributed by atoms with van der Waals surface area (Å²) < 4.78 is 33.4. The molecule has 0 aromatic heterocycles. The van der Waals surface area contributed by atoms with Gasteiger partial charge in [-0.05, 0) is 30.9 Å². The van der Waals surface area contributed by atoms with Crippen molar-refractivity contribution in [2.24, 2.45) is 5.92 Å². The Labute approximate surface area is 156 Å². The van der Waals surface area contributed by atoms with E-state index in [0.29, 0.717) is 44.0 Å². The number of likely N-dealkylation sites (tertiary alicyclic amines) is 1. The molecule has 26 heavy (non-hydrogen) atoms. The highest BCUT2D eigenvalue weighted by molar-refractivity contribution is 7.89. The van der Waals surface area contributed by atoms with Gasteiger partial charge in [0, 0.05) is 33.0 Å². The second-order valence-electron chi connectivity index (χ2n) is 7.58. The predicted molar refractivity (Wildman–Crippen MR) is 99.5 cm³/mol. The lowest BCUT2D eigenvalue weighted by Crippen LogP contribution is -2.44. The van der Waals surface area contributed by atoms with Crippen LogP contribution in [-0.4, -0.2) is 55.8 Å². The molecule has 2 heterocycles. The van der Waals surface area contributed by atoms with Gasteiger partial charge in [0.05, 0.1) is 6.04 Å². The molecular weight excluding hydrogens is 352 g/mol. The van der Waals surface area contributed by atoms with Gasteiger partial charge in [-0.3, -0.25) is 4.79 Å². The summed E-state index contributed by atoms with van der Waals surface area (Å²) in [5.74, 6) is 1.06. The minimum atomic E-state index is -3.60. The molecule has 1 saturated heterocycles. The molecule has 3 rings (SSSR count). The maximum atomic E-state index is 12.9. The van der Waals surface area contributed by atoms with Crippen molar-refractivity contribution in [1.82, 2.24) is 9.21 Å². The number of hydrogen-bond acceptors (Lipinski definition) is 4. The number of fused-ring (bicyclic) bond motifs is 2. The summed E-state index contributed by atoms with van der Waals surface area (Å²) >= 11 is 0. The van der Waals surface area contributed by atoms with Gasteiger partial charge < -0.3 is 9.64 Å². The van der Waals surface area contributed by atoms with Crippen LogP contribution in [0, 0.1) is 5.92 Å². The van der Waals surface area contributed by atoms with E-state index < -0.39 is 10.0 Å². The van der Waals surface area contributed by atoms with Crippen molar-refractivity contribution in [1.29, 1.82) is 0 Å². The summed E-state index contributed by atoms with van der Waals surface area (Å²) in [4.78, 5) is 14.6. The number of hydrogen-bond donors (Lipinski definition) is 0. The molecule has 2 aliphatic heterocycles. The molecule has 1 aromatic rings. The molecule has 2 atom stereocenters. The van der Waals surface area contributed by atoms with Gasteiger partial charge in [-0.15, -0.1) is 0 Å². The van der Waals surface area contributed by atoms with E-state index in [4.69, 9.17) is 4.74 Å². The predicted octanol–water partition coefficient (Wildman–Crippen LogP) is 2.50. The third-order valence-corrected chi connectivity index (χ3v) is 7.27. The first-order valence-electron chi connectivity index (χ1n) is 9.32. The number of benzene rings is 1. The average molecular weight is 381 g/mol. The Hall–Kier alpha value is -1.60. The summed E-state index contributed by atoms with van der Waals surface area (Å²) in [5, 5.41) is 0. The number of rotatable bonds is 3. The molecule has 1 fully saturated rings. The Morgan fingerprint density at radius 2 is 1.92 bits per heavy atom. The molecule has 0 aliphatic carbocycles. The number of amides is 1.